The van der Waals surface area contributed by atoms with E-state index in [1.165, 1.54) is 0 Å². The Morgan fingerprint density at radius 2 is 2.00 bits per heavy atom. The molecule has 3 heteroatoms. The lowest BCUT2D eigenvalue weighted by molar-refractivity contribution is -0.133. The second kappa shape index (κ2) is 5.75. The number of hydrogen-bond acceptors (Lipinski definition) is 2. The Hall–Kier alpha value is -0.830. The highest BCUT2D eigenvalue weighted by Gasteiger charge is 2.23. The zero-order valence-electron chi connectivity index (χ0n) is 8.29. The standard InChI is InChI=1S/C10H18O3/c1-4-6-8(9(11)5-2)7(3)10(12)13/h8-9,11H,3-6H2,1-2H3,(H,12,13). The van der Waals surface area contributed by atoms with Crippen molar-refractivity contribution < 1.29 is 15.0 Å². The summed E-state index contributed by atoms with van der Waals surface area (Å²) >= 11 is 0. The Labute approximate surface area is 79.1 Å². The van der Waals surface area contributed by atoms with Gasteiger partial charge in [-0.1, -0.05) is 26.8 Å². The molecule has 2 unspecified atom stereocenters. The van der Waals surface area contributed by atoms with Crippen LogP contribution in [0.15, 0.2) is 12.2 Å². The minimum atomic E-state index is -1.01. The number of carboxylic acid groups (broad SMARTS) is 1. The predicted molar refractivity (Wildman–Crippen MR) is 51.5 cm³/mol. The predicted octanol–water partition coefficient (Wildman–Crippen LogP) is 1.81. The van der Waals surface area contributed by atoms with E-state index in [0.717, 1.165) is 6.42 Å². The smallest absolute Gasteiger partial charge is 0.331 e. The van der Waals surface area contributed by atoms with E-state index >= 15 is 0 Å². The van der Waals surface area contributed by atoms with Crippen molar-refractivity contribution in [3.63, 3.8) is 0 Å². The van der Waals surface area contributed by atoms with Crippen molar-refractivity contribution in [3.8, 4) is 0 Å². The molecule has 0 saturated carbocycles. The Morgan fingerprint density at radius 3 is 2.31 bits per heavy atom. The van der Waals surface area contributed by atoms with Crippen molar-refractivity contribution >= 4 is 5.97 Å². The van der Waals surface area contributed by atoms with Crippen LogP contribution in [0.4, 0.5) is 0 Å². The van der Waals surface area contributed by atoms with Gasteiger partial charge >= 0.3 is 5.97 Å². The first-order valence-corrected chi connectivity index (χ1v) is 4.64. The normalized spacial score (nSPS) is 15.0. The highest BCUT2D eigenvalue weighted by Crippen LogP contribution is 2.21. The number of aliphatic hydroxyl groups is 1. The fourth-order valence-electron chi connectivity index (χ4n) is 1.35. The third-order valence-corrected chi connectivity index (χ3v) is 2.20. The van der Waals surface area contributed by atoms with Crippen LogP contribution in [0, 0.1) is 5.92 Å². The SMILES string of the molecule is C=C(C(=O)O)C(CCC)C(O)CC. The summed E-state index contributed by atoms with van der Waals surface area (Å²) in [5.74, 6) is -1.31. The third-order valence-electron chi connectivity index (χ3n) is 2.20. The molecular formula is C10H18O3. The van der Waals surface area contributed by atoms with E-state index in [1.54, 1.807) is 0 Å². The maximum absolute atomic E-state index is 10.6. The van der Waals surface area contributed by atoms with E-state index in [4.69, 9.17) is 5.11 Å². The molecule has 0 bridgehead atoms. The first-order chi connectivity index (χ1) is 6.04. The highest BCUT2D eigenvalue weighted by molar-refractivity contribution is 5.86. The van der Waals surface area contributed by atoms with E-state index in [1.807, 2.05) is 13.8 Å². The Balaban J connectivity index is 4.40. The maximum Gasteiger partial charge on any atom is 0.331 e. The van der Waals surface area contributed by atoms with Crippen LogP contribution in [-0.2, 0) is 4.79 Å². The number of aliphatic hydroxyl groups excluding tert-OH is 1. The fourth-order valence-corrected chi connectivity index (χ4v) is 1.35. The molecule has 13 heavy (non-hydrogen) atoms. The Bertz CT molecular complexity index is 187. The molecule has 0 rings (SSSR count). The summed E-state index contributed by atoms with van der Waals surface area (Å²) in [4.78, 5) is 10.6. The second-order valence-electron chi connectivity index (χ2n) is 3.20. The average molecular weight is 186 g/mol. The largest absolute Gasteiger partial charge is 0.478 e. The van der Waals surface area contributed by atoms with Gasteiger partial charge in [0.25, 0.3) is 0 Å². The summed E-state index contributed by atoms with van der Waals surface area (Å²) in [5.41, 5.74) is 0.121. The van der Waals surface area contributed by atoms with Crippen molar-refractivity contribution in [2.75, 3.05) is 0 Å². The topological polar surface area (TPSA) is 57.5 Å². The third kappa shape index (κ3) is 3.59. The number of hydrogen-bond donors (Lipinski definition) is 2. The van der Waals surface area contributed by atoms with Crippen LogP contribution in [0.1, 0.15) is 33.1 Å². The van der Waals surface area contributed by atoms with Crippen molar-refractivity contribution in [3.05, 3.63) is 12.2 Å². The summed E-state index contributed by atoms with van der Waals surface area (Å²) in [6.45, 7) is 7.28. The molecule has 0 spiro atoms. The van der Waals surface area contributed by atoms with Crippen molar-refractivity contribution in [2.24, 2.45) is 5.92 Å². The number of aliphatic carboxylic acids is 1. The lowest BCUT2D eigenvalue weighted by atomic mass is 9.89. The number of carboxylic acids is 1. The fraction of sp³-hybridized carbons (Fsp3) is 0.700. The molecule has 0 fully saturated rings. The maximum atomic E-state index is 10.6. The molecule has 0 aliphatic rings. The van der Waals surface area contributed by atoms with Crippen LogP contribution < -0.4 is 0 Å². The molecule has 0 aromatic heterocycles. The van der Waals surface area contributed by atoms with Crippen molar-refractivity contribution in [1.82, 2.24) is 0 Å². The molecule has 76 valence electrons. The van der Waals surface area contributed by atoms with Gasteiger partial charge in [0, 0.05) is 11.5 Å². The van der Waals surface area contributed by atoms with Gasteiger partial charge < -0.3 is 10.2 Å². The van der Waals surface area contributed by atoms with Gasteiger partial charge in [-0.15, -0.1) is 0 Å². The summed E-state index contributed by atoms with van der Waals surface area (Å²) in [6.07, 6.45) is 1.52. The van der Waals surface area contributed by atoms with Gasteiger partial charge in [-0.05, 0) is 12.8 Å². The molecule has 0 saturated heterocycles. The quantitative estimate of drug-likeness (QED) is 0.622. The van der Waals surface area contributed by atoms with Crippen LogP contribution in [0.3, 0.4) is 0 Å². The summed E-state index contributed by atoms with van der Waals surface area (Å²) in [5, 5.41) is 18.3. The summed E-state index contributed by atoms with van der Waals surface area (Å²) in [7, 11) is 0. The first-order valence-electron chi connectivity index (χ1n) is 4.64. The van der Waals surface area contributed by atoms with Gasteiger partial charge in [-0.25, -0.2) is 4.79 Å². The minimum Gasteiger partial charge on any atom is -0.478 e. The van der Waals surface area contributed by atoms with E-state index in [0.29, 0.717) is 12.8 Å². The average Bonchev–Trinajstić information content (AvgIpc) is 2.11. The molecule has 0 radical (unpaired) electrons. The summed E-state index contributed by atoms with van der Waals surface area (Å²) in [6, 6.07) is 0. The van der Waals surface area contributed by atoms with Crippen LogP contribution in [0.2, 0.25) is 0 Å². The lowest BCUT2D eigenvalue weighted by Crippen LogP contribution is -2.24. The first kappa shape index (κ1) is 12.2. The summed E-state index contributed by atoms with van der Waals surface area (Å²) < 4.78 is 0. The van der Waals surface area contributed by atoms with Gasteiger partial charge in [0.2, 0.25) is 0 Å². The van der Waals surface area contributed by atoms with Crippen molar-refractivity contribution in [1.29, 1.82) is 0 Å². The minimum absolute atomic E-state index is 0.121. The van der Waals surface area contributed by atoms with E-state index in [-0.39, 0.29) is 11.5 Å². The molecule has 3 nitrogen and oxygen atoms in total. The van der Waals surface area contributed by atoms with E-state index in [9.17, 15) is 9.90 Å². The van der Waals surface area contributed by atoms with Crippen molar-refractivity contribution in [2.45, 2.75) is 39.2 Å². The molecule has 0 aliphatic heterocycles. The van der Waals surface area contributed by atoms with Gasteiger partial charge in [-0.3, -0.25) is 0 Å². The molecule has 0 amide bonds. The number of rotatable bonds is 6. The van der Waals surface area contributed by atoms with Crippen LogP contribution in [0.25, 0.3) is 0 Å². The molecular weight excluding hydrogens is 168 g/mol. The van der Waals surface area contributed by atoms with Crippen LogP contribution >= 0.6 is 0 Å². The molecule has 2 N–H and O–H groups in total. The van der Waals surface area contributed by atoms with Gasteiger partial charge in [0.1, 0.15) is 0 Å². The highest BCUT2D eigenvalue weighted by atomic mass is 16.4. The zero-order valence-corrected chi connectivity index (χ0v) is 8.29. The van der Waals surface area contributed by atoms with E-state index in [2.05, 4.69) is 6.58 Å². The lowest BCUT2D eigenvalue weighted by Gasteiger charge is -2.21. The molecule has 2 atom stereocenters. The second-order valence-corrected chi connectivity index (χ2v) is 3.20. The van der Waals surface area contributed by atoms with Gasteiger partial charge in [0.15, 0.2) is 0 Å². The molecule has 0 aromatic carbocycles. The zero-order chi connectivity index (χ0) is 10.4. The Morgan fingerprint density at radius 1 is 1.46 bits per heavy atom. The van der Waals surface area contributed by atoms with Crippen LogP contribution in [-0.4, -0.2) is 22.3 Å². The number of carbonyl (C=O) groups is 1. The van der Waals surface area contributed by atoms with E-state index < -0.39 is 12.1 Å². The molecule has 0 aliphatic carbocycles. The Kier molecular flexibility index (Phi) is 5.39. The van der Waals surface area contributed by atoms with Gasteiger partial charge in [0.05, 0.1) is 6.10 Å². The van der Waals surface area contributed by atoms with Gasteiger partial charge in [-0.2, -0.15) is 0 Å². The monoisotopic (exact) mass is 186 g/mol. The molecule has 0 aromatic rings. The molecule has 0 heterocycles. The van der Waals surface area contributed by atoms with Crippen LogP contribution in [0.5, 0.6) is 0 Å².